The van der Waals surface area contributed by atoms with Crippen molar-refractivity contribution < 1.29 is 4.79 Å². The van der Waals surface area contributed by atoms with Gasteiger partial charge in [-0.3, -0.25) is 4.79 Å². The van der Waals surface area contributed by atoms with E-state index in [4.69, 9.17) is 0 Å². The van der Waals surface area contributed by atoms with Crippen LogP contribution < -0.4 is 0 Å². The summed E-state index contributed by atoms with van der Waals surface area (Å²) in [5.74, 6) is -0.0708. The molecule has 0 spiro atoms. The largest absolute Gasteiger partial charge is 0.343 e. The molecule has 4 nitrogen and oxygen atoms in total. The molecule has 0 bridgehead atoms. The van der Waals surface area contributed by atoms with Crippen molar-refractivity contribution in [2.45, 2.75) is 0 Å². The molecule has 1 amide bonds. The van der Waals surface area contributed by atoms with E-state index in [0.717, 1.165) is 16.9 Å². The van der Waals surface area contributed by atoms with Crippen molar-refractivity contribution in [1.82, 2.24) is 14.7 Å². The van der Waals surface area contributed by atoms with Gasteiger partial charge in [-0.2, -0.15) is 5.10 Å². The van der Waals surface area contributed by atoms with Gasteiger partial charge < -0.3 is 4.90 Å². The monoisotopic (exact) mass is 291 g/mol. The van der Waals surface area contributed by atoms with Crippen molar-refractivity contribution >= 4 is 5.91 Å². The molecule has 1 aromatic heterocycles. The van der Waals surface area contributed by atoms with Crippen LogP contribution in [0, 0.1) is 0 Å². The quantitative estimate of drug-likeness (QED) is 0.743. The van der Waals surface area contributed by atoms with Crippen LogP contribution in [-0.2, 0) is 0 Å². The standard InChI is InChI=1S/C18H17N3O/c1-20(2)18(22)17-13-16(14-9-5-3-6-10-14)19-21(17)15-11-7-4-8-12-15/h3-13H,1-2H3. The molecule has 3 aromatic rings. The van der Waals surface area contributed by atoms with Crippen LogP contribution in [0.15, 0.2) is 66.7 Å². The zero-order valence-electron chi connectivity index (χ0n) is 12.6. The minimum atomic E-state index is -0.0708. The van der Waals surface area contributed by atoms with E-state index in [1.165, 1.54) is 0 Å². The van der Waals surface area contributed by atoms with Crippen molar-refractivity contribution in [1.29, 1.82) is 0 Å². The maximum absolute atomic E-state index is 12.4. The number of rotatable bonds is 3. The second-order valence-electron chi connectivity index (χ2n) is 5.23. The minimum Gasteiger partial charge on any atom is -0.343 e. The first-order chi connectivity index (χ1) is 10.7. The lowest BCUT2D eigenvalue weighted by atomic mass is 10.1. The molecule has 2 aromatic carbocycles. The molecule has 0 radical (unpaired) electrons. The summed E-state index contributed by atoms with van der Waals surface area (Å²) in [5, 5.41) is 4.62. The lowest BCUT2D eigenvalue weighted by Gasteiger charge is -2.11. The number of benzene rings is 2. The topological polar surface area (TPSA) is 38.1 Å². The molecule has 0 saturated carbocycles. The molecular weight excluding hydrogens is 274 g/mol. The van der Waals surface area contributed by atoms with Gasteiger partial charge in [0, 0.05) is 19.7 Å². The Morgan fingerprint density at radius 2 is 1.55 bits per heavy atom. The highest BCUT2D eigenvalue weighted by Crippen LogP contribution is 2.22. The van der Waals surface area contributed by atoms with E-state index in [1.807, 2.05) is 66.7 Å². The summed E-state index contributed by atoms with van der Waals surface area (Å²) in [6.45, 7) is 0. The Bertz CT molecular complexity index is 777. The summed E-state index contributed by atoms with van der Waals surface area (Å²) in [7, 11) is 3.49. The summed E-state index contributed by atoms with van der Waals surface area (Å²) < 4.78 is 1.70. The fraction of sp³-hybridized carbons (Fsp3) is 0.111. The van der Waals surface area contributed by atoms with Crippen molar-refractivity contribution in [3.63, 3.8) is 0 Å². The molecule has 0 N–H and O–H groups in total. The lowest BCUT2D eigenvalue weighted by Crippen LogP contribution is -2.24. The second-order valence-corrected chi connectivity index (χ2v) is 5.23. The first-order valence-electron chi connectivity index (χ1n) is 7.09. The van der Waals surface area contributed by atoms with E-state index in [9.17, 15) is 4.79 Å². The summed E-state index contributed by atoms with van der Waals surface area (Å²) in [6, 6.07) is 21.4. The van der Waals surface area contributed by atoms with Crippen molar-refractivity contribution in [3.8, 4) is 16.9 Å². The van der Waals surface area contributed by atoms with Gasteiger partial charge in [-0.05, 0) is 18.2 Å². The highest BCUT2D eigenvalue weighted by molar-refractivity contribution is 5.94. The predicted molar refractivity (Wildman–Crippen MR) is 87.0 cm³/mol. The van der Waals surface area contributed by atoms with Gasteiger partial charge in [-0.25, -0.2) is 4.68 Å². The number of aromatic nitrogens is 2. The van der Waals surface area contributed by atoms with Gasteiger partial charge in [0.2, 0.25) is 0 Å². The highest BCUT2D eigenvalue weighted by atomic mass is 16.2. The number of hydrogen-bond donors (Lipinski definition) is 0. The van der Waals surface area contributed by atoms with E-state index in [2.05, 4.69) is 5.10 Å². The van der Waals surface area contributed by atoms with E-state index in [1.54, 1.807) is 23.7 Å². The second kappa shape index (κ2) is 5.85. The van der Waals surface area contributed by atoms with Crippen LogP contribution >= 0.6 is 0 Å². The van der Waals surface area contributed by atoms with Crippen molar-refractivity contribution in [3.05, 3.63) is 72.4 Å². The predicted octanol–water partition coefficient (Wildman–Crippen LogP) is 3.24. The summed E-state index contributed by atoms with van der Waals surface area (Å²) >= 11 is 0. The van der Waals surface area contributed by atoms with Crippen LogP contribution in [0.25, 0.3) is 16.9 Å². The molecule has 0 saturated heterocycles. The number of carbonyl (C=O) groups is 1. The molecule has 22 heavy (non-hydrogen) atoms. The maximum atomic E-state index is 12.4. The Morgan fingerprint density at radius 3 is 2.14 bits per heavy atom. The Morgan fingerprint density at radius 1 is 0.955 bits per heavy atom. The first-order valence-corrected chi connectivity index (χ1v) is 7.09. The van der Waals surface area contributed by atoms with Gasteiger partial charge in [0.25, 0.3) is 5.91 Å². The molecule has 1 heterocycles. The average Bonchev–Trinajstić information content (AvgIpc) is 3.01. The van der Waals surface area contributed by atoms with Gasteiger partial charge in [-0.15, -0.1) is 0 Å². The summed E-state index contributed by atoms with van der Waals surface area (Å²) in [4.78, 5) is 14.0. The van der Waals surface area contributed by atoms with Gasteiger partial charge >= 0.3 is 0 Å². The molecule has 3 rings (SSSR count). The molecule has 4 heteroatoms. The minimum absolute atomic E-state index is 0.0708. The molecule has 0 aliphatic rings. The summed E-state index contributed by atoms with van der Waals surface area (Å²) in [6.07, 6.45) is 0. The first kappa shape index (κ1) is 14.1. The molecule has 110 valence electrons. The van der Waals surface area contributed by atoms with Gasteiger partial charge in [0.1, 0.15) is 5.69 Å². The van der Waals surface area contributed by atoms with Crippen LogP contribution in [0.3, 0.4) is 0 Å². The lowest BCUT2D eigenvalue weighted by molar-refractivity contribution is 0.0819. The van der Waals surface area contributed by atoms with Crippen molar-refractivity contribution in [2.24, 2.45) is 0 Å². The third-order valence-corrected chi connectivity index (χ3v) is 3.40. The molecule has 0 unspecified atom stereocenters. The fourth-order valence-corrected chi connectivity index (χ4v) is 2.28. The zero-order valence-corrected chi connectivity index (χ0v) is 12.6. The number of nitrogens with zero attached hydrogens (tertiary/aromatic N) is 3. The number of carbonyl (C=O) groups excluding carboxylic acids is 1. The van der Waals surface area contributed by atoms with Crippen molar-refractivity contribution in [2.75, 3.05) is 14.1 Å². The van der Waals surface area contributed by atoms with Gasteiger partial charge in [0.05, 0.1) is 11.4 Å². The van der Waals surface area contributed by atoms with Crippen LogP contribution in [-0.4, -0.2) is 34.7 Å². The number of hydrogen-bond acceptors (Lipinski definition) is 2. The van der Waals surface area contributed by atoms with E-state index in [-0.39, 0.29) is 5.91 Å². The van der Waals surface area contributed by atoms with E-state index < -0.39 is 0 Å². The molecule has 0 aliphatic heterocycles. The Labute approximate surface area is 129 Å². The average molecular weight is 291 g/mol. The molecule has 0 aliphatic carbocycles. The summed E-state index contributed by atoms with van der Waals surface area (Å²) in [5.41, 5.74) is 3.20. The maximum Gasteiger partial charge on any atom is 0.272 e. The number of amides is 1. The highest BCUT2D eigenvalue weighted by Gasteiger charge is 2.18. The van der Waals surface area contributed by atoms with Crippen LogP contribution in [0.5, 0.6) is 0 Å². The Hall–Kier alpha value is -2.88. The Balaban J connectivity index is 2.15. The number of para-hydroxylation sites is 1. The van der Waals surface area contributed by atoms with E-state index >= 15 is 0 Å². The normalized spacial score (nSPS) is 10.5. The zero-order chi connectivity index (χ0) is 15.5. The van der Waals surface area contributed by atoms with Crippen LogP contribution in [0.4, 0.5) is 0 Å². The third kappa shape index (κ3) is 2.63. The fourth-order valence-electron chi connectivity index (χ4n) is 2.28. The Kier molecular flexibility index (Phi) is 3.74. The molecule has 0 fully saturated rings. The van der Waals surface area contributed by atoms with E-state index in [0.29, 0.717) is 5.69 Å². The molecule has 0 atom stereocenters. The van der Waals surface area contributed by atoms with Gasteiger partial charge in [0.15, 0.2) is 0 Å². The van der Waals surface area contributed by atoms with Crippen LogP contribution in [0.1, 0.15) is 10.5 Å². The molecular formula is C18H17N3O. The van der Waals surface area contributed by atoms with Crippen LogP contribution in [0.2, 0.25) is 0 Å². The van der Waals surface area contributed by atoms with Gasteiger partial charge in [-0.1, -0.05) is 48.5 Å². The smallest absolute Gasteiger partial charge is 0.272 e. The third-order valence-electron chi connectivity index (χ3n) is 3.40. The SMILES string of the molecule is CN(C)C(=O)c1cc(-c2ccccc2)nn1-c1ccccc1.